The van der Waals surface area contributed by atoms with Crippen LogP contribution in [0.15, 0.2) is 24.5 Å². The minimum atomic E-state index is 0.602. The molecule has 0 aliphatic heterocycles. The highest BCUT2D eigenvalue weighted by Crippen LogP contribution is 2.21. The number of rotatable bonds is 0. The number of aromatic nitrogens is 2. The molecule has 0 fully saturated rings. The van der Waals surface area contributed by atoms with Crippen molar-refractivity contribution in [1.29, 1.82) is 5.26 Å². The predicted octanol–water partition coefficient (Wildman–Crippen LogP) is 2.02. The van der Waals surface area contributed by atoms with Crippen molar-refractivity contribution < 1.29 is 0 Å². The first-order valence-electron chi connectivity index (χ1n) is 3.34. The number of pyridine rings is 1. The zero-order valence-electron chi connectivity index (χ0n) is 6.03. The summed E-state index contributed by atoms with van der Waals surface area (Å²) in [6.07, 6.45) is 5.20. The van der Waals surface area contributed by atoms with Gasteiger partial charge < -0.3 is 0 Å². The highest BCUT2D eigenvalue weighted by atomic mass is 35.5. The predicted molar refractivity (Wildman–Crippen MR) is 45.8 cm³/mol. The number of nitriles is 1. The van der Waals surface area contributed by atoms with E-state index in [4.69, 9.17) is 16.9 Å². The number of hydrogen-bond donors (Lipinski definition) is 0. The normalized spacial score (nSPS) is 10.0. The quantitative estimate of drug-likeness (QED) is 0.618. The molecule has 2 heterocycles. The third-order valence-corrected chi connectivity index (χ3v) is 1.97. The van der Waals surface area contributed by atoms with Gasteiger partial charge in [0.25, 0.3) is 0 Å². The second kappa shape index (κ2) is 2.50. The molecule has 12 heavy (non-hydrogen) atoms. The lowest BCUT2D eigenvalue weighted by molar-refractivity contribution is 1.11. The molecule has 0 atom stereocenters. The molecule has 0 spiro atoms. The van der Waals surface area contributed by atoms with Gasteiger partial charge >= 0.3 is 0 Å². The standard InChI is InChI=1S/C8H4ClN3/c9-7-1-3-11-8-6(7)2-4-12(8)5-10/h1-4H. The summed E-state index contributed by atoms with van der Waals surface area (Å²) < 4.78 is 1.38. The molecule has 0 aliphatic carbocycles. The van der Waals surface area contributed by atoms with Gasteiger partial charge in [-0.3, -0.25) is 0 Å². The lowest BCUT2D eigenvalue weighted by Gasteiger charge is -1.92. The van der Waals surface area contributed by atoms with Gasteiger partial charge in [0.05, 0.1) is 5.02 Å². The van der Waals surface area contributed by atoms with Crippen molar-refractivity contribution in [1.82, 2.24) is 9.55 Å². The molecule has 0 aromatic carbocycles. The van der Waals surface area contributed by atoms with Gasteiger partial charge in [0, 0.05) is 17.8 Å². The third-order valence-electron chi connectivity index (χ3n) is 1.64. The number of halogens is 1. The van der Waals surface area contributed by atoms with Gasteiger partial charge in [-0.15, -0.1) is 0 Å². The first-order valence-corrected chi connectivity index (χ1v) is 3.72. The summed E-state index contributed by atoms with van der Waals surface area (Å²) >= 11 is 5.86. The van der Waals surface area contributed by atoms with Crippen molar-refractivity contribution in [2.45, 2.75) is 0 Å². The number of nitrogens with zero attached hydrogens (tertiary/aromatic N) is 3. The first-order chi connectivity index (χ1) is 5.83. The van der Waals surface area contributed by atoms with Crippen LogP contribution in [0.4, 0.5) is 0 Å². The Labute approximate surface area is 73.8 Å². The summed E-state index contributed by atoms with van der Waals surface area (Å²) in [5.41, 5.74) is 0.602. The Kier molecular flexibility index (Phi) is 1.49. The minimum absolute atomic E-state index is 0.602. The zero-order chi connectivity index (χ0) is 8.55. The zero-order valence-corrected chi connectivity index (χ0v) is 6.78. The van der Waals surface area contributed by atoms with Crippen molar-refractivity contribution in [3.8, 4) is 6.19 Å². The van der Waals surface area contributed by atoms with E-state index in [-0.39, 0.29) is 0 Å². The summed E-state index contributed by atoms with van der Waals surface area (Å²) in [6.45, 7) is 0. The van der Waals surface area contributed by atoms with E-state index in [1.54, 1.807) is 24.5 Å². The molecular weight excluding hydrogens is 174 g/mol. The lowest BCUT2D eigenvalue weighted by Crippen LogP contribution is -1.86. The molecule has 0 N–H and O–H groups in total. The van der Waals surface area contributed by atoms with Crippen LogP contribution in [0.5, 0.6) is 0 Å². The molecule has 0 saturated heterocycles. The maximum Gasteiger partial charge on any atom is 0.190 e. The average Bonchev–Trinajstić information content (AvgIpc) is 2.49. The summed E-state index contributed by atoms with van der Waals surface area (Å²) in [6, 6.07) is 3.47. The fraction of sp³-hybridized carbons (Fsp3) is 0. The Morgan fingerprint density at radius 3 is 3.08 bits per heavy atom. The molecule has 0 unspecified atom stereocenters. The largest absolute Gasteiger partial charge is 0.237 e. The maximum absolute atomic E-state index is 8.65. The highest BCUT2D eigenvalue weighted by molar-refractivity contribution is 6.35. The lowest BCUT2D eigenvalue weighted by atomic mass is 10.3. The SMILES string of the molecule is N#Cn1ccc2c(Cl)ccnc21. The molecule has 0 amide bonds. The number of hydrogen-bond acceptors (Lipinski definition) is 2. The fourth-order valence-corrected chi connectivity index (χ4v) is 1.29. The fourth-order valence-electron chi connectivity index (χ4n) is 1.09. The van der Waals surface area contributed by atoms with Crippen LogP contribution in [0, 0.1) is 11.5 Å². The Balaban J connectivity index is 2.91. The van der Waals surface area contributed by atoms with Gasteiger partial charge in [-0.1, -0.05) is 11.6 Å². The molecule has 2 aromatic heterocycles. The van der Waals surface area contributed by atoms with Crippen LogP contribution >= 0.6 is 11.6 Å². The highest BCUT2D eigenvalue weighted by Gasteiger charge is 2.03. The molecule has 0 bridgehead atoms. The molecule has 2 aromatic rings. The van der Waals surface area contributed by atoms with E-state index < -0.39 is 0 Å². The van der Waals surface area contributed by atoms with E-state index in [2.05, 4.69) is 4.98 Å². The summed E-state index contributed by atoms with van der Waals surface area (Å²) in [5.74, 6) is 0. The van der Waals surface area contributed by atoms with Gasteiger partial charge in [0.2, 0.25) is 0 Å². The van der Waals surface area contributed by atoms with E-state index in [1.165, 1.54) is 4.57 Å². The van der Waals surface area contributed by atoms with Crippen LogP contribution < -0.4 is 0 Å². The van der Waals surface area contributed by atoms with Crippen LogP contribution in [0.25, 0.3) is 11.0 Å². The molecule has 0 radical (unpaired) electrons. The van der Waals surface area contributed by atoms with Crippen LogP contribution in [-0.2, 0) is 0 Å². The van der Waals surface area contributed by atoms with E-state index in [0.717, 1.165) is 5.39 Å². The summed E-state index contributed by atoms with van der Waals surface area (Å²) in [7, 11) is 0. The smallest absolute Gasteiger partial charge is 0.190 e. The molecule has 58 valence electrons. The second-order valence-electron chi connectivity index (χ2n) is 2.32. The second-order valence-corrected chi connectivity index (χ2v) is 2.72. The van der Waals surface area contributed by atoms with Crippen molar-refractivity contribution in [2.75, 3.05) is 0 Å². The molecular formula is C8H4ClN3. The summed E-state index contributed by atoms with van der Waals surface area (Å²) in [4.78, 5) is 4.03. The summed E-state index contributed by atoms with van der Waals surface area (Å²) in [5, 5.41) is 10.1. The van der Waals surface area contributed by atoms with E-state index in [0.29, 0.717) is 10.7 Å². The Hall–Kier alpha value is -1.53. The monoisotopic (exact) mass is 177 g/mol. The minimum Gasteiger partial charge on any atom is -0.237 e. The third kappa shape index (κ3) is 0.858. The Bertz CT molecular complexity index is 467. The molecule has 4 heteroatoms. The first kappa shape index (κ1) is 7.14. The molecule has 0 aliphatic rings. The van der Waals surface area contributed by atoms with E-state index in [1.807, 2.05) is 6.19 Å². The van der Waals surface area contributed by atoms with Gasteiger partial charge in [-0.05, 0) is 12.1 Å². The van der Waals surface area contributed by atoms with Crippen LogP contribution in [0.1, 0.15) is 0 Å². The number of fused-ring (bicyclic) bond motifs is 1. The van der Waals surface area contributed by atoms with Crippen LogP contribution in [0.2, 0.25) is 5.02 Å². The van der Waals surface area contributed by atoms with Gasteiger partial charge in [0.15, 0.2) is 11.8 Å². The maximum atomic E-state index is 8.65. The van der Waals surface area contributed by atoms with Gasteiger partial charge in [0.1, 0.15) is 0 Å². The molecule has 0 saturated carbocycles. The topological polar surface area (TPSA) is 41.6 Å². The Morgan fingerprint density at radius 2 is 2.33 bits per heavy atom. The van der Waals surface area contributed by atoms with Crippen molar-refractivity contribution >= 4 is 22.6 Å². The molecule has 2 rings (SSSR count). The van der Waals surface area contributed by atoms with Crippen LogP contribution in [-0.4, -0.2) is 9.55 Å². The van der Waals surface area contributed by atoms with E-state index in [9.17, 15) is 0 Å². The Morgan fingerprint density at radius 1 is 1.50 bits per heavy atom. The van der Waals surface area contributed by atoms with Gasteiger partial charge in [-0.2, -0.15) is 5.26 Å². The van der Waals surface area contributed by atoms with E-state index >= 15 is 0 Å². The average molecular weight is 178 g/mol. The van der Waals surface area contributed by atoms with Crippen molar-refractivity contribution in [3.63, 3.8) is 0 Å². The van der Waals surface area contributed by atoms with Crippen LogP contribution in [0.3, 0.4) is 0 Å². The van der Waals surface area contributed by atoms with Crippen molar-refractivity contribution in [2.24, 2.45) is 0 Å². The van der Waals surface area contributed by atoms with Crippen molar-refractivity contribution in [3.05, 3.63) is 29.5 Å². The van der Waals surface area contributed by atoms with Gasteiger partial charge in [-0.25, -0.2) is 9.55 Å². The molecule has 3 nitrogen and oxygen atoms in total.